The summed E-state index contributed by atoms with van der Waals surface area (Å²) < 4.78 is 30.7. The van der Waals surface area contributed by atoms with Crippen molar-refractivity contribution in [1.82, 2.24) is 15.0 Å². The molecule has 31 heavy (non-hydrogen) atoms. The molecule has 2 aromatic rings. The number of sulfone groups is 1. The summed E-state index contributed by atoms with van der Waals surface area (Å²) in [6.07, 6.45) is 1.96. The van der Waals surface area contributed by atoms with Gasteiger partial charge in [0.2, 0.25) is 11.7 Å². The Labute approximate surface area is 186 Å². The minimum absolute atomic E-state index is 0.113. The predicted molar refractivity (Wildman–Crippen MR) is 114 cm³/mol. The van der Waals surface area contributed by atoms with Crippen LogP contribution in [-0.2, 0) is 14.6 Å². The third-order valence-corrected chi connectivity index (χ3v) is 8.89. The average Bonchev–Trinajstić information content (AvgIpc) is 3.43. The molecule has 4 rings (SSSR count). The van der Waals surface area contributed by atoms with E-state index in [0.29, 0.717) is 49.5 Å². The number of halogens is 1. The molecular formula is C21H24ClN3O5S. The van der Waals surface area contributed by atoms with E-state index in [-0.39, 0.29) is 35.6 Å². The van der Waals surface area contributed by atoms with Crippen molar-refractivity contribution in [2.45, 2.75) is 42.2 Å². The Morgan fingerprint density at radius 1 is 1.03 bits per heavy atom. The topological polar surface area (TPSA) is 101 Å². The number of aryl methyl sites for hydroxylation is 1. The first kappa shape index (κ1) is 21.8. The molecule has 1 aromatic carbocycles. The fourth-order valence-electron chi connectivity index (χ4n) is 4.40. The van der Waals surface area contributed by atoms with E-state index < -0.39 is 14.6 Å². The van der Waals surface area contributed by atoms with Gasteiger partial charge >= 0.3 is 0 Å². The number of piperazine rings is 1. The van der Waals surface area contributed by atoms with Crippen LogP contribution in [0.1, 0.15) is 41.9 Å². The lowest BCUT2D eigenvalue weighted by molar-refractivity contribution is -0.135. The molecule has 0 radical (unpaired) electrons. The van der Waals surface area contributed by atoms with Gasteiger partial charge in [-0.05, 0) is 44.0 Å². The van der Waals surface area contributed by atoms with E-state index >= 15 is 0 Å². The SMILES string of the molecule is Cc1cc(C(=O)N2CCN(C(=O)C3(S(=O)(=O)c4ccc(Cl)cc4)CCCC3)CC2)on1. The van der Waals surface area contributed by atoms with E-state index in [1.165, 1.54) is 24.3 Å². The Hall–Kier alpha value is -2.39. The van der Waals surface area contributed by atoms with E-state index in [0.717, 1.165) is 0 Å². The largest absolute Gasteiger partial charge is 0.351 e. The van der Waals surface area contributed by atoms with Gasteiger partial charge in [0.1, 0.15) is 0 Å². The van der Waals surface area contributed by atoms with Crippen LogP contribution in [0.4, 0.5) is 0 Å². The molecule has 0 atom stereocenters. The molecule has 1 aromatic heterocycles. The third kappa shape index (κ3) is 3.85. The quantitative estimate of drug-likeness (QED) is 0.688. The van der Waals surface area contributed by atoms with E-state index in [9.17, 15) is 18.0 Å². The smallest absolute Gasteiger partial charge is 0.292 e. The number of carbonyl (C=O) groups is 2. The summed E-state index contributed by atoms with van der Waals surface area (Å²) in [5.41, 5.74) is 0.618. The number of benzene rings is 1. The highest BCUT2D eigenvalue weighted by Crippen LogP contribution is 2.42. The standard InChI is InChI=1S/C21H24ClN3O5S/c1-15-14-18(30-23-15)19(26)24-10-12-25(13-11-24)20(27)21(8-2-3-9-21)31(28,29)17-6-4-16(22)5-7-17/h4-7,14H,2-3,8-13H2,1H3. The van der Waals surface area contributed by atoms with Crippen LogP contribution in [0.5, 0.6) is 0 Å². The first-order valence-electron chi connectivity index (χ1n) is 10.3. The van der Waals surface area contributed by atoms with E-state index in [4.69, 9.17) is 16.1 Å². The lowest BCUT2D eigenvalue weighted by atomic mass is 10.0. The molecule has 2 amide bonds. The minimum Gasteiger partial charge on any atom is -0.351 e. The molecule has 0 spiro atoms. The Bertz CT molecular complexity index is 1080. The molecule has 2 heterocycles. The fourth-order valence-corrected chi connectivity index (χ4v) is 6.66. The highest BCUT2D eigenvalue weighted by molar-refractivity contribution is 7.93. The van der Waals surface area contributed by atoms with Gasteiger partial charge in [-0.15, -0.1) is 0 Å². The number of rotatable bonds is 4. The number of amides is 2. The van der Waals surface area contributed by atoms with Crippen LogP contribution in [-0.4, -0.2) is 66.1 Å². The van der Waals surface area contributed by atoms with Crippen LogP contribution in [0.15, 0.2) is 39.8 Å². The van der Waals surface area contributed by atoms with Crippen LogP contribution >= 0.6 is 11.6 Å². The maximum Gasteiger partial charge on any atom is 0.292 e. The van der Waals surface area contributed by atoms with Crippen LogP contribution in [0.2, 0.25) is 5.02 Å². The highest BCUT2D eigenvalue weighted by Gasteiger charge is 2.54. The molecular weight excluding hydrogens is 442 g/mol. The summed E-state index contributed by atoms with van der Waals surface area (Å²) >= 11 is 5.91. The summed E-state index contributed by atoms with van der Waals surface area (Å²) in [5.74, 6) is -0.491. The molecule has 0 bridgehead atoms. The second-order valence-electron chi connectivity index (χ2n) is 8.08. The maximum absolute atomic E-state index is 13.5. The van der Waals surface area contributed by atoms with Gasteiger partial charge < -0.3 is 14.3 Å². The van der Waals surface area contributed by atoms with Gasteiger partial charge in [-0.2, -0.15) is 0 Å². The first-order valence-corrected chi connectivity index (χ1v) is 12.1. The zero-order valence-electron chi connectivity index (χ0n) is 17.2. The monoisotopic (exact) mass is 465 g/mol. The van der Waals surface area contributed by atoms with Gasteiger partial charge in [0.15, 0.2) is 14.6 Å². The molecule has 0 unspecified atom stereocenters. The molecule has 166 valence electrons. The number of hydrogen-bond donors (Lipinski definition) is 0. The molecule has 1 aliphatic carbocycles. The molecule has 10 heteroatoms. The van der Waals surface area contributed by atoms with Crippen LogP contribution in [0.3, 0.4) is 0 Å². The highest BCUT2D eigenvalue weighted by atomic mass is 35.5. The molecule has 8 nitrogen and oxygen atoms in total. The third-order valence-electron chi connectivity index (χ3n) is 6.13. The molecule has 2 fully saturated rings. The molecule has 1 saturated carbocycles. The van der Waals surface area contributed by atoms with Gasteiger partial charge in [-0.3, -0.25) is 9.59 Å². The summed E-state index contributed by atoms with van der Waals surface area (Å²) in [7, 11) is -3.89. The van der Waals surface area contributed by atoms with Crippen molar-refractivity contribution in [2.75, 3.05) is 26.2 Å². The number of carbonyl (C=O) groups excluding carboxylic acids is 2. The van der Waals surface area contributed by atoms with Gasteiger partial charge in [0.25, 0.3) is 5.91 Å². The fraction of sp³-hybridized carbons (Fsp3) is 0.476. The summed E-state index contributed by atoms with van der Waals surface area (Å²) in [6.45, 7) is 2.90. The van der Waals surface area contributed by atoms with Crippen molar-refractivity contribution in [3.8, 4) is 0 Å². The van der Waals surface area contributed by atoms with Gasteiger partial charge in [0, 0.05) is 37.3 Å². The van der Waals surface area contributed by atoms with Crippen LogP contribution in [0.25, 0.3) is 0 Å². The Kier molecular flexibility index (Phi) is 5.83. The minimum atomic E-state index is -3.89. The summed E-state index contributed by atoms with van der Waals surface area (Å²) in [4.78, 5) is 29.4. The van der Waals surface area contributed by atoms with Crippen molar-refractivity contribution in [3.05, 3.63) is 46.8 Å². The van der Waals surface area contributed by atoms with Gasteiger partial charge in [0.05, 0.1) is 10.6 Å². The Morgan fingerprint density at radius 2 is 1.61 bits per heavy atom. The lowest BCUT2D eigenvalue weighted by Gasteiger charge is -2.39. The second kappa shape index (κ2) is 8.27. The van der Waals surface area contributed by atoms with E-state index in [1.807, 2.05) is 0 Å². The number of aromatic nitrogens is 1. The molecule has 1 aliphatic heterocycles. The second-order valence-corrected chi connectivity index (χ2v) is 10.8. The maximum atomic E-state index is 13.5. The van der Waals surface area contributed by atoms with E-state index in [2.05, 4.69) is 5.16 Å². The van der Waals surface area contributed by atoms with Crippen LogP contribution < -0.4 is 0 Å². The van der Waals surface area contributed by atoms with Crippen molar-refractivity contribution in [1.29, 1.82) is 0 Å². The normalized spacial score (nSPS) is 18.9. The van der Waals surface area contributed by atoms with Gasteiger partial charge in [-0.25, -0.2) is 8.42 Å². The van der Waals surface area contributed by atoms with Crippen LogP contribution in [0, 0.1) is 6.92 Å². The average molecular weight is 466 g/mol. The van der Waals surface area contributed by atoms with Crippen molar-refractivity contribution >= 4 is 33.3 Å². The predicted octanol–water partition coefficient (Wildman–Crippen LogP) is 2.71. The molecule has 1 saturated heterocycles. The van der Waals surface area contributed by atoms with Crippen molar-refractivity contribution in [3.63, 3.8) is 0 Å². The number of hydrogen-bond acceptors (Lipinski definition) is 6. The Balaban J connectivity index is 1.52. The zero-order valence-corrected chi connectivity index (χ0v) is 18.8. The molecule has 0 N–H and O–H groups in total. The van der Waals surface area contributed by atoms with E-state index in [1.54, 1.807) is 22.8 Å². The van der Waals surface area contributed by atoms with Gasteiger partial charge in [-0.1, -0.05) is 29.6 Å². The first-order chi connectivity index (χ1) is 14.7. The van der Waals surface area contributed by atoms with Crippen molar-refractivity contribution < 1.29 is 22.5 Å². The molecule has 2 aliphatic rings. The Morgan fingerprint density at radius 3 is 2.16 bits per heavy atom. The zero-order chi connectivity index (χ0) is 22.2. The van der Waals surface area contributed by atoms with Crippen molar-refractivity contribution in [2.24, 2.45) is 0 Å². The summed E-state index contributed by atoms with van der Waals surface area (Å²) in [5, 5.41) is 4.17. The number of nitrogens with zero attached hydrogens (tertiary/aromatic N) is 3. The summed E-state index contributed by atoms with van der Waals surface area (Å²) in [6, 6.07) is 7.54. The lowest BCUT2D eigenvalue weighted by Crippen LogP contribution is -2.58.